The molecule has 8 heteroatoms. The molecular weight excluding hydrogens is 564 g/mol. The van der Waals surface area contributed by atoms with Gasteiger partial charge in [-0.1, -0.05) is 60.7 Å². The molecule has 2 heterocycles. The summed E-state index contributed by atoms with van der Waals surface area (Å²) < 4.78 is 12.0. The number of hydrogen-bond acceptors (Lipinski definition) is 4. The fourth-order valence-electron chi connectivity index (χ4n) is 3.88. The molecule has 0 aliphatic heterocycles. The number of hydrogen-bond donors (Lipinski definition) is 2. The van der Waals surface area contributed by atoms with Crippen LogP contribution in [0.4, 0.5) is 0 Å². The Kier molecular flexibility index (Phi) is 7.38. The summed E-state index contributed by atoms with van der Waals surface area (Å²) in [6.45, 7) is 3.93. The van der Waals surface area contributed by atoms with Gasteiger partial charge in [-0.15, -0.1) is 0 Å². The monoisotopic (exact) mass is 584 g/mol. The van der Waals surface area contributed by atoms with Gasteiger partial charge >= 0.3 is 11.9 Å². The van der Waals surface area contributed by atoms with Crippen LogP contribution < -0.4 is 0 Å². The van der Waals surface area contributed by atoms with E-state index in [0.717, 1.165) is 11.1 Å². The van der Waals surface area contributed by atoms with Crippen molar-refractivity contribution < 1.29 is 19.1 Å². The minimum Gasteiger partial charge on any atom is -0.462 e. The maximum absolute atomic E-state index is 13.2. The normalized spacial score (nSPS) is 10.8. The van der Waals surface area contributed by atoms with Gasteiger partial charge in [-0.3, -0.25) is 0 Å². The van der Waals surface area contributed by atoms with Crippen LogP contribution in [-0.2, 0) is 9.47 Å². The summed E-state index contributed by atoms with van der Waals surface area (Å²) in [5.74, 6) is -1.000. The number of carbonyl (C=O) groups excluding carboxylic acids is 2. The molecular formula is C26H22Br2N2O4. The molecule has 34 heavy (non-hydrogen) atoms. The van der Waals surface area contributed by atoms with Crippen molar-refractivity contribution in [3.05, 3.63) is 81.0 Å². The zero-order chi connectivity index (χ0) is 24.2. The summed E-state index contributed by atoms with van der Waals surface area (Å²) in [5.41, 5.74) is 4.44. The number of halogens is 2. The molecule has 6 nitrogen and oxygen atoms in total. The van der Waals surface area contributed by atoms with Gasteiger partial charge < -0.3 is 19.4 Å². The van der Waals surface area contributed by atoms with Crippen LogP contribution in [0.3, 0.4) is 0 Å². The van der Waals surface area contributed by atoms with E-state index in [9.17, 15) is 9.59 Å². The second-order valence-electron chi connectivity index (χ2n) is 7.30. The molecule has 0 amide bonds. The Labute approximate surface area is 213 Å². The SMILES string of the molecule is CCOC(=O)c1c(-c2[nH]c(Br)c(-c3ccccc3)c2C(=O)OCC)[nH]c(Br)c1-c1ccccc1. The first-order valence-corrected chi connectivity index (χ1v) is 12.3. The van der Waals surface area contributed by atoms with E-state index < -0.39 is 11.9 Å². The lowest BCUT2D eigenvalue weighted by atomic mass is 9.98. The van der Waals surface area contributed by atoms with Crippen LogP contribution in [0.5, 0.6) is 0 Å². The number of ether oxygens (including phenoxy) is 2. The van der Waals surface area contributed by atoms with Crippen LogP contribution in [0, 0.1) is 0 Å². The number of rotatable bonds is 7. The van der Waals surface area contributed by atoms with Gasteiger partial charge in [-0.2, -0.15) is 0 Å². The number of aromatic amines is 2. The molecule has 0 atom stereocenters. The Bertz CT molecular complexity index is 1220. The minimum absolute atomic E-state index is 0.212. The predicted octanol–water partition coefficient (Wildman–Crippen LogP) is 7.22. The lowest BCUT2D eigenvalue weighted by molar-refractivity contribution is 0.0516. The highest BCUT2D eigenvalue weighted by molar-refractivity contribution is 9.10. The molecule has 0 saturated carbocycles. The molecule has 2 N–H and O–H groups in total. The van der Waals surface area contributed by atoms with Gasteiger partial charge in [0.15, 0.2) is 0 Å². The van der Waals surface area contributed by atoms with Crippen molar-refractivity contribution in [1.82, 2.24) is 9.97 Å². The highest BCUT2D eigenvalue weighted by atomic mass is 79.9. The quantitative estimate of drug-likeness (QED) is 0.224. The van der Waals surface area contributed by atoms with E-state index in [0.29, 0.717) is 42.8 Å². The Hall–Kier alpha value is -3.10. The molecule has 0 aliphatic rings. The van der Waals surface area contributed by atoms with Crippen molar-refractivity contribution in [2.45, 2.75) is 13.8 Å². The molecule has 4 aromatic rings. The Morgan fingerprint density at radius 1 is 0.676 bits per heavy atom. The summed E-state index contributed by atoms with van der Waals surface area (Å²) in [4.78, 5) is 32.9. The largest absolute Gasteiger partial charge is 0.462 e. The van der Waals surface area contributed by atoms with Gasteiger partial charge in [-0.05, 0) is 56.8 Å². The average Bonchev–Trinajstić information content (AvgIpc) is 3.37. The van der Waals surface area contributed by atoms with E-state index >= 15 is 0 Å². The highest BCUT2D eigenvalue weighted by Crippen LogP contribution is 2.43. The number of aromatic nitrogens is 2. The van der Waals surface area contributed by atoms with E-state index in [-0.39, 0.29) is 13.2 Å². The van der Waals surface area contributed by atoms with Crippen LogP contribution >= 0.6 is 31.9 Å². The molecule has 2 aromatic carbocycles. The Balaban J connectivity index is 2.03. The first-order chi connectivity index (χ1) is 16.5. The molecule has 0 aliphatic carbocycles. The van der Waals surface area contributed by atoms with Crippen molar-refractivity contribution in [2.24, 2.45) is 0 Å². The summed E-state index contributed by atoms with van der Waals surface area (Å²) >= 11 is 7.16. The second kappa shape index (κ2) is 10.4. The molecule has 0 spiro atoms. The molecule has 4 rings (SSSR count). The van der Waals surface area contributed by atoms with Gasteiger partial charge in [0.1, 0.15) is 0 Å². The van der Waals surface area contributed by atoms with E-state index in [1.165, 1.54) is 0 Å². The molecule has 0 bridgehead atoms. The number of carbonyl (C=O) groups is 2. The topological polar surface area (TPSA) is 84.2 Å². The maximum atomic E-state index is 13.2. The third-order valence-electron chi connectivity index (χ3n) is 5.24. The van der Waals surface area contributed by atoms with Crippen molar-refractivity contribution in [3.63, 3.8) is 0 Å². The van der Waals surface area contributed by atoms with Crippen molar-refractivity contribution in [1.29, 1.82) is 0 Å². The fraction of sp³-hybridized carbons (Fsp3) is 0.154. The van der Waals surface area contributed by atoms with Crippen molar-refractivity contribution in [3.8, 4) is 33.6 Å². The molecule has 0 radical (unpaired) electrons. The Morgan fingerprint density at radius 2 is 1.03 bits per heavy atom. The van der Waals surface area contributed by atoms with E-state index in [1.54, 1.807) is 13.8 Å². The Morgan fingerprint density at radius 3 is 1.35 bits per heavy atom. The lowest BCUT2D eigenvalue weighted by Gasteiger charge is -2.10. The molecule has 0 saturated heterocycles. The number of benzene rings is 2. The first kappa shape index (κ1) is 24.0. The van der Waals surface area contributed by atoms with E-state index in [1.807, 2.05) is 60.7 Å². The van der Waals surface area contributed by atoms with E-state index in [4.69, 9.17) is 9.47 Å². The minimum atomic E-state index is -0.500. The zero-order valence-corrected chi connectivity index (χ0v) is 21.7. The van der Waals surface area contributed by atoms with Crippen LogP contribution in [-0.4, -0.2) is 35.1 Å². The fourth-order valence-corrected chi connectivity index (χ4v) is 5.13. The third kappa shape index (κ3) is 4.48. The summed E-state index contributed by atoms with van der Waals surface area (Å²) in [6, 6.07) is 19.0. The van der Waals surface area contributed by atoms with Gasteiger partial charge in [0.2, 0.25) is 0 Å². The number of esters is 2. The smallest absolute Gasteiger partial charge is 0.341 e. The molecule has 0 unspecified atom stereocenters. The van der Waals surface area contributed by atoms with Crippen molar-refractivity contribution in [2.75, 3.05) is 13.2 Å². The standard InChI is InChI=1S/C26H22Br2N2O4/c1-3-33-25(31)19-17(15-11-7-5-8-12-15)23(27)29-21(19)22-20(26(32)34-4-2)18(24(28)30-22)16-13-9-6-10-14-16/h5-14,29-30H,3-4H2,1-2H3. The average molecular weight is 586 g/mol. The summed E-state index contributed by atoms with van der Waals surface area (Å²) in [7, 11) is 0. The van der Waals surface area contributed by atoms with Gasteiger partial charge in [0.25, 0.3) is 0 Å². The lowest BCUT2D eigenvalue weighted by Crippen LogP contribution is -2.10. The molecule has 174 valence electrons. The molecule has 0 fully saturated rings. The van der Waals surface area contributed by atoms with Crippen LogP contribution in [0.1, 0.15) is 34.6 Å². The van der Waals surface area contributed by atoms with Gasteiger partial charge in [0, 0.05) is 11.1 Å². The van der Waals surface area contributed by atoms with Crippen LogP contribution in [0.2, 0.25) is 0 Å². The maximum Gasteiger partial charge on any atom is 0.341 e. The second-order valence-corrected chi connectivity index (χ2v) is 8.89. The summed E-state index contributed by atoms with van der Waals surface area (Å²) in [5, 5.41) is 0. The number of nitrogens with one attached hydrogen (secondary N) is 2. The van der Waals surface area contributed by atoms with Gasteiger partial charge in [-0.25, -0.2) is 9.59 Å². The predicted molar refractivity (Wildman–Crippen MR) is 139 cm³/mol. The van der Waals surface area contributed by atoms with Crippen LogP contribution in [0.25, 0.3) is 33.6 Å². The summed E-state index contributed by atoms with van der Waals surface area (Å²) in [6.07, 6.45) is 0. The van der Waals surface area contributed by atoms with E-state index in [2.05, 4.69) is 41.8 Å². The van der Waals surface area contributed by atoms with Gasteiger partial charge in [0.05, 0.1) is 44.9 Å². The highest BCUT2D eigenvalue weighted by Gasteiger charge is 2.32. The zero-order valence-electron chi connectivity index (χ0n) is 18.6. The van der Waals surface area contributed by atoms with Crippen molar-refractivity contribution >= 4 is 43.8 Å². The van der Waals surface area contributed by atoms with Crippen LogP contribution in [0.15, 0.2) is 69.9 Å². The first-order valence-electron chi connectivity index (χ1n) is 10.8. The third-order valence-corrected chi connectivity index (χ3v) is 6.43. The molecule has 2 aromatic heterocycles. The number of H-pyrrole nitrogens is 2.